The van der Waals surface area contributed by atoms with E-state index in [-0.39, 0.29) is 57.7 Å². The third kappa shape index (κ3) is 3.32. The van der Waals surface area contributed by atoms with E-state index < -0.39 is 29.0 Å². The highest BCUT2D eigenvalue weighted by Gasteiger charge is 2.63. The van der Waals surface area contributed by atoms with Crippen molar-refractivity contribution in [3.8, 4) is 17.2 Å². The summed E-state index contributed by atoms with van der Waals surface area (Å²) in [5.41, 5.74) is -0.575. The van der Waals surface area contributed by atoms with Crippen LogP contribution in [0.25, 0.3) is 10.9 Å². The number of para-hydroxylation sites is 1. The van der Waals surface area contributed by atoms with Gasteiger partial charge in [0.2, 0.25) is 23.1 Å². The highest BCUT2D eigenvalue weighted by atomic mass is 35.5. The number of nitrogens with one attached hydrogen (secondary N) is 1. The van der Waals surface area contributed by atoms with Crippen LogP contribution >= 0.6 is 11.6 Å². The molecule has 1 aliphatic carbocycles. The van der Waals surface area contributed by atoms with Crippen molar-refractivity contribution in [3.63, 3.8) is 0 Å². The summed E-state index contributed by atoms with van der Waals surface area (Å²) in [6.07, 6.45) is 0.0513. The summed E-state index contributed by atoms with van der Waals surface area (Å²) in [7, 11) is 4.47. The van der Waals surface area contributed by atoms with Gasteiger partial charge in [-0.3, -0.25) is 19.2 Å². The third-order valence-electron chi connectivity index (χ3n) is 8.09. The van der Waals surface area contributed by atoms with Gasteiger partial charge in [0.1, 0.15) is 22.1 Å². The molecule has 1 spiro atoms. The maximum atomic E-state index is 14.5. The summed E-state index contributed by atoms with van der Waals surface area (Å²) in [6.45, 7) is 1.72. The van der Waals surface area contributed by atoms with E-state index in [1.54, 1.807) is 20.0 Å². The van der Waals surface area contributed by atoms with Crippen LogP contribution in [0, 0.1) is 5.92 Å². The topological polar surface area (TPSA) is 113 Å². The molecule has 10 heteroatoms. The predicted molar refractivity (Wildman–Crippen MR) is 143 cm³/mol. The predicted octanol–water partition coefficient (Wildman–Crippen LogP) is 3.69. The van der Waals surface area contributed by atoms with Gasteiger partial charge in [0, 0.05) is 48.2 Å². The summed E-state index contributed by atoms with van der Waals surface area (Å²) in [4.78, 5) is 55.0. The van der Waals surface area contributed by atoms with Crippen LogP contribution < -0.4 is 25.1 Å². The lowest BCUT2D eigenvalue weighted by atomic mass is 9.66. The summed E-state index contributed by atoms with van der Waals surface area (Å²) >= 11 is 6.54. The molecule has 1 N–H and O–H groups in total. The molecule has 3 atom stereocenters. The molecule has 6 rings (SSSR count). The Bertz CT molecular complexity index is 1720. The van der Waals surface area contributed by atoms with Crippen LogP contribution in [0.2, 0.25) is 5.02 Å². The number of carbonyl (C=O) groups excluding carboxylic acids is 3. The summed E-state index contributed by atoms with van der Waals surface area (Å²) in [5, 5.41) is 3.66. The van der Waals surface area contributed by atoms with E-state index in [4.69, 9.17) is 25.8 Å². The Morgan fingerprint density at radius 1 is 1.03 bits per heavy atom. The SMILES string of the molecule is COc1cc(OC)c2c(c1Cl)O[C@@]1(C(=O)C3=C(C[C@H]1C)NC(=O)C[C@H]3c1cc3ccccc3n(C)c1=O)C2=O. The molecule has 200 valence electrons. The van der Waals surface area contributed by atoms with Crippen LogP contribution in [0.4, 0.5) is 0 Å². The second-order valence-corrected chi connectivity index (χ2v) is 10.5. The van der Waals surface area contributed by atoms with E-state index in [2.05, 4.69) is 5.32 Å². The fourth-order valence-electron chi connectivity index (χ4n) is 6.15. The van der Waals surface area contributed by atoms with Gasteiger partial charge >= 0.3 is 0 Å². The summed E-state index contributed by atoms with van der Waals surface area (Å²) < 4.78 is 18.5. The van der Waals surface area contributed by atoms with Gasteiger partial charge in [-0.05, 0) is 23.9 Å². The number of Topliss-reactive ketones (excluding diaryl/α,β-unsaturated/α-hetero) is 2. The van der Waals surface area contributed by atoms with Crippen molar-refractivity contribution in [3.05, 3.63) is 74.2 Å². The lowest BCUT2D eigenvalue weighted by Crippen LogP contribution is -2.59. The minimum absolute atomic E-state index is 0.0140. The maximum Gasteiger partial charge on any atom is 0.254 e. The molecule has 2 aromatic carbocycles. The zero-order chi connectivity index (χ0) is 27.8. The number of nitrogens with zero attached hydrogens (tertiary/aromatic N) is 1. The van der Waals surface area contributed by atoms with Gasteiger partial charge in [0.05, 0.1) is 19.7 Å². The van der Waals surface area contributed by atoms with Gasteiger partial charge in [-0.2, -0.15) is 0 Å². The Kier molecular flexibility index (Phi) is 5.62. The van der Waals surface area contributed by atoms with Gasteiger partial charge in [-0.1, -0.05) is 36.7 Å². The Morgan fingerprint density at radius 2 is 1.74 bits per heavy atom. The molecule has 3 heterocycles. The number of allylic oxidation sites excluding steroid dienone is 1. The molecule has 1 amide bonds. The Labute approximate surface area is 228 Å². The average molecular weight is 549 g/mol. The number of hydrogen-bond acceptors (Lipinski definition) is 7. The van der Waals surface area contributed by atoms with E-state index in [9.17, 15) is 19.2 Å². The van der Waals surface area contributed by atoms with E-state index in [1.165, 1.54) is 24.9 Å². The molecule has 0 saturated carbocycles. The Morgan fingerprint density at radius 3 is 2.46 bits per heavy atom. The molecule has 2 aliphatic heterocycles. The van der Waals surface area contributed by atoms with Crippen LogP contribution in [0.1, 0.15) is 41.6 Å². The molecule has 39 heavy (non-hydrogen) atoms. The number of aromatic nitrogens is 1. The van der Waals surface area contributed by atoms with Gasteiger partial charge in [0.25, 0.3) is 5.56 Å². The second kappa shape index (κ2) is 8.71. The molecule has 0 bridgehead atoms. The highest BCUT2D eigenvalue weighted by Crippen LogP contribution is 2.55. The number of carbonyl (C=O) groups is 3. The van der Waals surface area contributed by atoms with Crippen molar-refractivity contribution in [2.75, 3.05) is 14.2 Å². The maximum absolute atomic E-state index is 14.5. The lowest BCUT2D eigenvalue weighted by Gasteiger charge is -2.41. The van der Waals surface area contributed by atoms with Crippen LogP contribution in [0.15, 0.2) is 52.5 Å². The molecule has 9 nitrogen and oxygen atoms in total. The van der Waals surface area contributed by atoms with Crippen molar-refractivity contribution < 1.29 is 28.6 Å². The first kappa shape index (κ1) is 25.2. The molecule has 3 aliphatic rings. The molecule has 0 radical (unpaired) electrons. The minimum atomic E-state index is -1.94. The van der Waals surface area contributed by atoms with E-state index in [1.807, 2.05) is 24.3 Å². The standard InChI is InChI=1S/C29H25ClN2O7/c1-13-9-17-22(15(11-21(33)31-17)16-10-14-7-5-6-8-18(14)32(2)28(16)36)26(34)29(13)27(35)23-19(37-3)12-20(38-4)24(30)25(23)39-29/h5-8,10,12-13,15H,9,11H2,1-4H3,(H,31,33)/t13-,15+,29+/m1/s1. The number of amides is 1. The first-order valence-electron chi connectivity index (χ1n) is 12.5. The van der Waals surface area contributed by atoms with Crippen molar-refractivity contribution in [1.29, 1.82) is 0 Å². The molecule has 0 unspecified atom stereocenters. The van der Waals surface area contributed by atoms with Crippen LogP contribution in [-0.2, 0) is 16.6 Å². The third-order valence-corrected chi connectivity index (χ3v) is 8.45. The number of rotatable bonds is 3. The zero-order valence-electron chi connectivity index (χ0n) is 21.7. The Balaban J connectivity index is 1.54. The normalized spacial score (nSPS) is 24.0. The van der Waals surface area contributed by atoms with Crippen molar-refractivity contribution in [2.45, 2.75) is 31.3 Å². The quantitative estimate of drug-likeness (QED) is 0.497. The van der Waals surface area contributed by atoms with Crippen molar-refractivity contribution >= 4 is 40.0 Å². The van der Waals surface area contributed by atoms with Crippen LogP contribution in [0.5, 0.6) is 17.2 Å². The fourth-order valence-corrected chi connectivity index (χ4v) is 6.42. The van der Waals surface area contributed by atoms with Crippen LogP contribution in [-0.4, -0.2) is 41.9 Å². The number of benzene rings is 2. The average Bonchev–Trinajstić information content (AvgIpc) is 3.24. The number of ketones is 2. The highest BCUT2D eigenvalue weighted by molar-refractivity contribution is 6.36. The number of methoxy groups -OCH3 is 2. The molecule has 0 fully saturated rings. The van der Waals surface area contributed by atoms with Gasteiger partial charge in [0.15, 0.2) is 5.75 Å². The van der Waals surface area contributed by atoms with E-state index in [0.29, 0.717) is 11.3 Å². The number of fused-ring (bicyclic) bond motifs is 2. The van der Waals surface area contributed by atoms with E-state index >= 15 is 0 Å². The minimum Gasteiger partial charge on any atom is -0.496 e. The molecule has 0 saturated heterocycles. The monoisotopic (exact) mass is 548 g/mol. The lowest BCUT2D eigenvalue weighted by molar-refractivity contribution is -0.131. The second-order valence-electron chi connectivity index (χ2n) is 10.1. The Hall–Kier alpha value is -4.11. The summed E-state index contributed by atoms with van der Waals surface area (Å²) in [5.74, 6) is -2.59. The first-order chi connectivity index (χ1) is 18.6. The van der Waals surface area contributed by atoms with Crippen LogP contribution in [0.3, 0.4) is 0 Å². The van der Waals surface area contributed by atoms with Crippen molar-refractivity contribution in [2.24, 2.45) is 13.0 Å². The number of ether oxygens (including phenoxy) is 3. The molecular weight excluding hydrogens is 524 g/mol. The molecular formula is C29H25ClN2O7. The van der Waals surface area contributed by atoms with E-state index in [0.717, 1.165) is 10.9 Å². The molecule has 3 aromatic rings. The van der Waals surface area contributed by atoms with Crippen molar-refractivity contribution in [1.82, 2.24) is 9.88 Å². The zero-order valence-corrected chi connectivity index (χ0v) is 22.5. The van der Waals surface area contributed by atoms with Gasteiger partial charge in [-0.15, -0.1) is 0 Å². The number of hydrogen-bond donors (Lipinski definition) is 1. The fraction of sp³-hybridized carbons (Fsp3) is 0.310. The smallest absolute Gasteiger partial charge is 0.254 e. The largest absolute Gasteiger partial charge is 0.496 e. The number of halogens is 1. The molecule has 1 aromatic heterocycles. The first-order valence-corrected chi connectivity index (χ1v) is 12.9. The van der Waals surface area contributed by atoms with Gasteiger partial charge < -0.3 is 24.1 Å². The summed E-state index contributed by atoms with van der Waals surface area (Å²) in [6, 6.07) is 10.6. The number of aryl methyl sites for hydroxylation is 1. The van der Waals surface area contributed by atoms with Gasteiger partial charge in [-0.25, -0.2) is 0 Å². The number of pyridine rings is 1.